The van der Waals surface area contributed by atoms with Crippen molar-refractivity contribution >= 4 is 11.9 Å². The predicted molar refractivity (Wildman–Crippen MR) is 85.8 cm³/mol. The number of anilines is 1. The zero-order valence-corrected chi connectivity index (χ0v) is 13.5. The third-order valence-corrected chi connectivity index (χ3v) is 3.83. The highest BCUT2D eigenvalue weighted by molar-refractivity contribution is 5.79. The molecular formula is C16H26N4O2. The number of carbonyl (C=O) groups excluding carboxylic acids is 1. The van der Waals surface area contributed by atoms with Gasteiger partial charge in [-0.1, -0.05) is 0 Å². The van der Waals surface area contributed by atoms with Gasteiger partial charge in [-0.25, -0.2) is 9.97 Å². The van der Waals surface area contributed by atoms with Crippen molar-refractivity contribution in [2.24, 2.45) is 5.92 Å². The molecule has 0 bridgehead atoms. The van der Waals surface area contributed by atoms with Crippen molar-refractivity contribution in [1.82, 2.24) is 15.3 Å². The lowest BCUT2D eigenvalue weighted by Crippen LogP contribution is -2.44. The number of aryl methyl sites for hydroxylation is 1. The minimum Gasteiger partial charge on any atom is -0.382 e. The molecule has 0 saturated carbocycles. The van der Waals surface area contributed by atoms with Gasteiger partial charge in [-0.05, 0) is 39.2 Å². The van der Waals surface area contributed by atoms with E-state index in [0.29, 0.717) is 19.7 Å². The van der Waals surface area contributed by atoms with E-state index in [4.69, 9.17) is 4.74 Å². The number of nitrogens with one attached hydrogen (secondary N) is 1. The normalized spacial score (nSPS) is 18.3. The third kappa shape index (κ3) is 4.94. The largest absolute Gasteiger partial charge is 0.382 e. The second-order valence-electron chi connectivity index (χ2n) is 5.62. The zero-order valence-electron chi connectivity index (χ0n) is 13.5. The summed E-state index contributed by atoms with van der Waals surface area (Å²) in [5.41, 5.74) is 0.951. The molecule has 1 aromatic heterocycles. The molecule has 1 aromatic rings. The molecule has 0 spiro atoms. The molecule has 2 rings (SSSR count). The summed E-state index contributed by atoms with van der Waals surface area (Å²) in [5.74, 6) is 0.882. The topological polar surface area (TPSA) is 67.3 Å². The van der Waals surface area contributed by atoms with Gasteiger partial charge < -0.3 is 15.0 Å². The molecule has 0 aromatic carbocycles. The van der Waals surface area contributed by atoms with E-state index >= 15 is 0 Å². The fourth-order valence-corrected chi connectivity index (χ4v) is 2.64. The quantitative estimate of drug-likeness (QED) is 0.774. The molecule has 1 saturated heterocycles. The van der Waals surface area contributed by atoms with Gasteiger partial charge in [0.15, 0.2) is 0 Å². The summed E-state index contributed by atoms with van der Waals surface area (Å²) >= 11 is 0. The van der Waals surface area contributed by atoms with E-state index in [1.807, 2.05) is 19.9 Å². The second-order valence-corrected chi connectivity index (χ2v) is 5.62. The Morgan fingerprint density at radius 2 is 2.41 bits per heavy atom. The third-order valence-electron chi connectivity index (χ3n) is 3.83. The SMILES string of the molecule is CCOCCCNC(=O)C1CCCN(c2nccc(C)n2)C1. The van der Waals surface area contributed by atoms with Crippen LogP contribution in [0.4, 0.5) is 5.95 Å². The summed E-state index contributed by atoms with van der Waals surface area (Å²) in [5, 5.41) is 3.01. The van der Waals surface area contributed by atoms with Gasteiger partial charge in [-0.2, -0.15) is 0 Å². The van der Waals surface area contributed by atoms with E-state index in [2.05, 4.69) is 20.2 Å². The number of hydrogen-bond donors (Lipinski definition) is 1. The van der Waals surface area contributed by atoms with Crippen molar-refractivity contribution in [2.75, 3.05) is 37.7 Å². The number of ether oxygens (including phenoxy) is 1. The van der Waals surface area contributed by atoms with Crippen LogP contribution < -0.4 is 10.2 Å². The summed E-state index contributed by atoms with van der Waals surface area (Å²) in [6.07, 6.45) is 4.56. The Bertz CT molecular complexity index is 481. The Morgan fingerprint density at radius 3 is 3.18 bits per heavy atom. The number of nitrogens with zero attached hydrogens (tertiary/aromatic N) is 3. The van der Waals surface area contributed by atoms with Gasteiger partial charge >= 0.3 is 0 Å². The molecule has 22 heavy (non-hydrogen) atoms. The van der Waals surface area contributed by atoms with Crippen molar-refractivity contribution in [3.8, 4) is 0 Å². The van der Waals surface area contributed by atoms with Crippen LogP contribution in [-0.2, 0) is 9.53 Å². The van der Waals surface area contributed by atoms with Gasteiger partial charge in [-0.3, -0.25) is 4.79 Å². The maximum Gasteiger partial charge on any atom is 0.225 e. The molecule has 0 radical (unpaired) electrons. The Hall–Kier alpha value is -1.69. The van der Waals surface area contributed by atoms with Crippen LogP contribution in [0, 0.1) is 12.8 Å². The lowest BCUT2D eigenvalue weighted by Gasteiger charge is -2.32. The number of aromatic nitrogens is 2. The maximum absolute atomic E-state index is 12.3. The van der Waals surface area contributed by atoms with Crippen molar-refractivity contribution in [1.29, 1.82) is 0 Å². The fourth-order valence-electron chi connectivity index (χ4n) is 2.64. The minimum atomic E-state index is 0.0185. The lowest BCUT2D eigenvalue weighted by atomic mass is 9.97. The lowest BCUT2D eigenvalue weighted by molar-refractivity contribution is -0.125. The van der Waals surface area contributed by atoms with Crippen LogP contribution in [0.5, 0.6) is 0 Å². The van der Waals surface area contributed by atoms with E-state index in [1.54, 1.807) is 6.20 Å². The van der Waals surface area contributed by atoms with E-state index in [1.165, 1.54) is 0 Å². The monoisotopic (exact) mass is 306 g/mol. The maximum atomic E-state index is 12.3. The fraction of sp³-hybridized carbons (Fsp3) is 0.688. The molecule has 1 atom stereocenters. The van der Waals surface area contributed by atoms with Crippen molar-refractivity contribution in [2.45, 2.75) is 33.1 Å². The molecule has 1 N–H and O–H groups in total. The van der Waals surface area contributed by atoms with Gasteiger partial charge in [0, 0.05) is 44.7 Å². The Balaban J connectivity index is 1.81. The molecule has 1 fully saturated rings. The summed E-state index contributed by atoms with van der Waals surface area (Å²) in [4.78, 5) is 23.1. The first-order chi connectivity index (χ1) is 10.7. The standard InChI is InChI=1S/C16H26N4O2/c1-3-22-11-5-8-17-15(21)14-6-4-10-20(12-14)16-18-9-7-13(2)19-16/h7,9,14H,3-6,8,10-12H2,1-2H3,(H,17,21). The van der Waals surface area contributed by atoms with Crippen LogP contribution in [0.25, 0.3) is 0 Å². The predicted octanol–water partition coefficient (Wildman–Crippen LogP) is 1.54. The van der Waals surface area contributed by atoms with Gasteiger partial charge in [0.2, 0.25) is 11.9 Å². The molecular weight excluding hydrogens is 280 g/mol. The summed E-state index contributed by atoms with van der Waals surface area (Å²) in [6, 6.07) is 1.88. The van der Waals surface area contributed by atoms with E-state index in [-0.39, 0.29) is 11.8 Å². The Morgan fingerprint density at radius 1 is 1.55 bits per heavy atom. The average molecular weight is 306 g/mol. The first kappa shape index (κ1) is 16.7. The van der Waals surface area contributed by atoms with E-state index in [0.717, 1.165) is 44.1 Å². The molecule has 0 aliphatic carbocycles. The Kier molecular flexibility index (Phi) is 6.58. The molecule has 1 unspecified atom stereocenters. The van der Waals surface area contributed by atoms with Gasteiger partial charge in [0.1, 0.15) is 0 Å². The van der Waals surface area contributed by atoms with E-state index in [9.17, 15) is 4.79 Å². The van der Waals surface area contributed by atoms with Crippen LogP contribution >= 0.6 is 0 Å². The number of hydrogen-bond acceptors (Lipinski definition) is 5. The molecule has 6 nitrogen and oxygen atoms in total. The van der Waals surface area contributed by atoms with Crippen LogP contribution in [0.1, 0.15) is 31.9 Å². The molecule has 2 heterocycles. The number of rotatable bonds is 7. The number of carbonyl (C=O) groups is 1. The van der Waals surface area contributed by atoms with E-state index < -0.39 is 0 Å². The average Bonchev–Trinajstić information content (AvgIpc) is 2.54. The van der Waals surface area contributed by atoms with Crippen LogP contribution in [-0.4, -0.2) is 48.7 Å². The molecule has 122 valence electrons. The minimum absolute atomic E-state index is 0.0185. The Labute approximate surface area is 132 Å². The first-order valence-corrected chi connectivity index (χ1v) is 8.10. The zero-order chi connectivity index (χ0) is 15.8. The first-order valence-electron chi connectivity index (χ1n) is 8.10. The smallest absolute Gasteiger partial charge is 0.225 e. The van der Waals surface area contributed by atoms with Crippen LogP contribution in [0.15, 0.2) is 12.3 Å². The van der Waals surface area contributed by atoms with Gasteiger partial charge in [-0.15, -0.1) is 0 Å². The molecule has 1 amide bonds. The van der Waals surface area contributed by atoms with Gasteiger partial charge in [0.25, 0.3) is 0 Å². The van der Waals surface area contributed by atoms with Crippen LogP contribution in [0.3, 0.4) is 0 Å². The highest BCUT2D eigenvalue weighted by atomic mass is 16.5. The molecule has 6 heteroatoms. The molecule has 1 aliphatic rings. The second kappa shape index (κ2) is 8.68. The van der Waals surface area contributed by atoms with Crippen LogP contribution in [0.2, 0.25) is 0 Å². The summed E-state index contributed by atoms with van der Waals surface area (Å²) in [7, 11) is 0. The van der Waals surface area contributed by atoms with Crippen molar-refractivity contribution < 1.29 is 9.53 Å². The highest BCUT2D eigenvalue weighted by Crippen LogP contribution is 2.20. The summed E-state index contributed by atoms with van der Waals surface area (Å²) < 4.78 is 5.27. The number of piperidine rings is 1. The number of amides is 1. The molecule has 1 aliphatic heterocycles. The van der Waals surface area contributed by atoms with Crippen molar-refractivity contribution in [3.05, 3.63) is 18.0 Å². The van der Waals surface area contributed by atoms with Crippen molar-refractivity contribution in [3.63, 3.8) is 0 Å². The highest BCUT2D eigenvalue weighted by Gasteiger charge is 2.26. The summed E-state index contributed by atoms with van der Waals surface area (Å²) in [6.45, 7) is 7.64. The van der Waals surface area contributed by atoms with Gasteiger partial charge in [0.05, 0.1) is 5.92 Å².